The van der Waals surface area contributed by atoms with Gasteiger partial charge >= 0.3 is 5.97 Å². The zero-order valence-electron chi connectivity index (χ0n) is 18.2. The molecule has 0 heterocycles. The second-order valence-electron chi connectivity index (χ2n) is 6.76. The van der Waals surface area contributed by atoms with E-state index in [9.17, 15) is 18.0 Å². The van der Waals surface area contributed by atoms with Crippen molar-refractivity contribution in [2.75, 3.05) is 25.0 Å². The van der Waals surface area contributed by atoms with Gasteiger partial charge in [-0.15, -0.1) is 0 Å². The van der Waals surface area contributed by atoms with Crippen LogP contribution in [0, 0.1) is 0 Å². The van der Waals surface area contributed by atoms with Gasteiger partial charge in [-0.05, 0) is 37.3 Å². The van der Waals surface area contributed by atoms with Gasteiger partial charge in [0, 0.05) is 13.1 Å². The summed E-state index contributed by atoms with van der Waals surface area (Å²) in [5.74, 6) is -0.616. The first kappa shape index (κ1) is 25.6. The average molecular weight is 483 g/mol. The Morgan fingerprint density at radius 2 is 1.75 bits per heavy atom. The van der Waals surface area contributed by atoms with E-state index >= 15 is 0 Å². The number of nitrogens with zero attached hydrogens (tertiary/aromatic N) is 1. The molecule has 0 saturated heterocycles. The van der Waals surface area contributed by atoms with Gasteiger partial charge in [0.2, 0.25) is 10.0 Å². The Kier molecular flexibility index (Phi) is 9.49. The molecule has 0 radical (unpaired) electrons. The van der Waals surface area contributed by atoms with Gasteiger partial charge in [0.15, 0.2) is 6.10 Å². The van der Waals surface area contributed by atoms with Crippen molar-refractivity contribution in [2.24, 2.45) is 0 Å². The van der Waals surface area contributed by atoms with Crippen molar-refractivity contribution in [2.45, 2.75) is 38.2 Å². The number of benzene rings is 2. The van der Waals surface area contributed by atoms with Crippen LogP contribution in [-0.2, 0) is 24.3 Å². The third-order valence-corrected chi connectivity index (χ3v) is 6.91. The predicted molar refractivity (Wildman–Crippen MR) is 122 cm³/mol. The summed E-state index contributed by atoms with van der Waals surface area (Å²) in [5, 5.41) is 2.68. The monoisotopic (exact) mass is 482 g/mol. The number of rotatable bonds is 11. The van der Waals surface area contributed by atoms with E-state index in [1.807, 2.05) is 18.2 Å². The molecular formula is C22H27ClN2O6S. The molecule has 0 aliphatic heterocycles. The molecule has 10 heteroatoms. The lowest BCUT2D eigenvalue weighted by molar-refractivity contribution is -0.153. The molecule has 0 saturated carbocycles. The van der Waals surface area contributed by atoms with E-state index in [-0.39, 0.29) is 28.6 Å². The van der Waals surface area contributed by atoms with Crippen LogP contribution in [0.15, 0.2) is 53.4 Å². The molecule has 0 aliphatic carbocycles. The van der Waals surface area contributed by atoms with Crippen molar-refractivity contribution in [1.82, 2.24) is 4.31 Å². The Morgan fingerprint density at radius 1 is 1.09 bits per heavy atom. The number of halogens is 1. The van der Waals surface area contributed by atoms with Gasteiger partial charge in [0.25, 0.3) is 5.91 Å². The van der Waals surface area contributed by atoms with Gasteiger partial charge in [-0.1, -0.05) is 43.6 Å². The normalized spacial score (nSPS) is 12.3. The third-order valence-electron chi connectivity index (χ3n) is 4.53. The van der Waals surface area contributed by atoms with Crippen LogP contribution in [0.5, 0.6) is 5.75 Å². The van der Waals surface area contributed by atoms with Crippen molar-refractivity contribution in [1.29, 1.82) is 0 Å². The molecule has 2 aromatic carbocycles. The lowest BCUT2D eigenvalue weighted by Gasteiger charge is -2.19. The second kappa shape index (κ2) is 11.8. The van der Waals surface area contributed by atoms with E-state index in [0.717, 1.165) is 0 Å². The number of hydrogen-bond donors (Lipinski definition) is 1. The Bertz CT molecular complexity index is 1030. The highest BCUT2D eigenvalue weighted by atomic mass is 35.5. The summed E-state index contributed by atoms with van der Waals surface area (Å²) in [6.45, 7) is 5.61. The van der Waals surface area contributed by atoms with Crippen LogP contribution < -0.4 is 10.1 Å². The summed E-state index contributed by atoms with van der Waals surface area (Å²) in [6.07, 6.45) is -1.15. The minimum atomic E-state index is -3.72. The van der Waals surface area contributed by atoms with Crippen LogP contribution in [0.3, 0.4) is 0 Å². The van der Waals surface area contributed by atoms with E-state index in [1.54, 1.807) is 26.0 Å². The summed E-state index contributed by atoms with van der Waals surface area (Å²) in [6, 6.07) is 13.1. The van der Waals surface area contributed by atoms with Crippen LogP contribution in [0.1, 0.15) is 27.2 Å². The fourth-order valence-corrected chi connectivity index (χ4v) is 4.44. The molecule has 32 heavy (non-hydrogen) atoms. The minimum absolute atomic E-state index is 0.00334. The van der Waals surface area contributed by atoms with Crippen LogP contribution >= 0.6 is 11.6 Å². The van der Waals surface area contributed by atoms with E-state index < -0.39 is 28.0 Å². The molecule has 0 aromatic heterocycles. The van der Waals surface area contributed by atoms with Crippen LogP contribution in [-0.4, -0.2) is 50.4 Å². The molecule has 0 spiro atoms. The zero-order chi connectivity index (χ0) is 23.7. The Hall–Kier alpha value is -2.62. The predicted octanol–water partition coefficient (Wildman–Crippen LogP) is 3.71. The van der Waals surface area contributed by atoms with Crippen molar-refractivity contribution < 1.29 is 27.5 Å². The number of carbonyl (C=O) groups is 2. The van der Waals surface area contributed by atoms with Crippen LogP contribution in [0.2, 0.25) is 5.02 Å². The van der Waals surface area contributed by atoms with Crippen LogP contribution in [0.4, 0.5) is 5.69 Å². The fourth-order valence-electron chi connectivity index (χ4n) is 2.79. The van der Waals surface area contributed by atoms with Gasteiger partial charge in [0.05, 0.1) is 28.6 Å². The maximum atomic E-state index is 12.7. The first-order valence-electron chi connectivity index (χ1n) is 10.2. The van der Waals surface area contributed by atoms with Crippen LogP contribution in [0.25, 0.3) is 0 Å². The number of ether oxygens (including phenoxy) is 2. The largest absolute Gasteiger partial charge is 0.493 e. The minimum Gasteiger partial charge on any atom is -0.493 e. The molecule has 1 unspecified atom stereocenters. The molecular weight excluding hydrogens is 456 g/mol. The van der Waals surface area contributed by atoms with Gasteiger partial charge in [-0.3, -0.25) is 9.59 Å². The standard InChI is InChI=1S/C22H27ClN2O6S/c1-4-25(5-2)32(28,29)18-11-12-19(23)20(15-18)24-22(27)16(3)31-21(26)13-14-30-17-9-7-6-8-10-17/h6-12,15-16H,4-5,13-14H2,1-3H3,(H,24,27). The SMILES string of the molecule is CCN(CC)S(=O)(=O)c1ccc(Cl)c(NC(=O)C(C)OC(=O)CCOc2ccccc2)c1. The number of esters is 1. The zero-order valence-corrected chi connectivity index (χ0v) is 19.8. The smallest absolute Gasteiger partial charge is 0.310 e. The molecule has 2 rings (SSSR count). The van der Waals surface area contributed by atoms with E-state index in [4.69, 9.17) is 21.1 Å². The summed E-state index contributed by atoms with van der Waals surface area (Å²) in [5.41, 5.74) is 0.111. The Balaban J connectivity index is 1.96. The fraction of sp³-hybridized carbons (Fsp3) is 0.364. The first-order valence-corrected chi connectivity index (χ1v) is 12.0. The Labute approximate surface area is 193 Å². The molecule has 0 fully saturated rings. The summed E-state index contributed by atoms with van der Waals surface area (Å²) >= 11 is 6.13. The molecule has 1 N–H and O–H groups in total. The van der Waals surface area contributed by atoms with Crippen molar-refractivity contribution in [3.05, 3.63) is 53.6 Å². The van der Waals surface area contributed by atoms with Crippen molar-refractivity contribution in [3.63, 3.8) is 0 Å². The molecule has 0 bridgehead atoms. The topological polar surface area (TPSA) is 102 Å². The summed E-state index contributed by atoms with van der Waals surface area (Å²) in [7, 11) is -3.72. The molecule has 174 valence electrons. The maximum Gasteiger partial charge on any atom is 0.310 e. The van der Waals surface area contributed by atoms with Gasteiger partial charge in [0.1, 0.15) is 5.75 Å². The van der Waals surface area contributed by atoms with E-state index in [0.29, 0.717) is 18.8 Å². The van der Waals surface area contributed by atoms with Gasteiger partial charge in [-0.2, -0.15) is 4.31 Å². The van der Waals surface area contributed by atoms with E-state index in [1.165, 1.54) is 29.4 Å². The molecule has 2 aromatic rings. The van der Waals surface area contributed by atoms with Crippen molar-refractivity contribution >= 4 is 39.2 Å². The molecule has 1 atom stereocenters. The Morgan fingerprint density at radius 3 is 2.38 bits per heavy atom. The van der Waals surface area contributed by atoms with Crippen molar-refractivity contribution in [3.8, 4) is 5.75 Å². The lowest BCUT2D eigenvalue weighted by Crippen LogP contribution is -2.31. The lowest BCUT2D eigenvalue weighted by atomic mass is 10.3. The highest BCUT2D eigenvalue weighted by molar-refractivity contribution is 7.89. The third kappa shape index (κ3) is 6.94. The number of sulfonamides is 1. The summed E-state index contributed by atoms with van der Waals surface area (Å²) in [4.78, 5) is 24.5. The number of para-hydroxylation sites is 1. The second-order valence-corrected chi connectivity index (χ2v) is 9.11. The number of amides is 1. The highest BCUT2D eigenvalue weighted by Gasteiger charge is 2.24. The number of hydrogen-bond acceptors (Lipinski definition) is 6. The first-order chi connectivity index (χ1) is 15.2. The number of anilines is 1. The van der Waals surface area contributed by atoms with Gasteiger partial charge < -0.3 is 14.8 Å². The molecule has 1 amide bonds. The van der Waals surface area contributed by atoms with Gasteiger partial charge in [-0.25, -0.2) is 8.42 Å². The molecule has 8 nitrogen and oxygen atoms in total. The average Bonchev–Trinajstić information content (AvgIpc) is 2.76. The highest BCUT2D eigenvalue weighted by Crippen LogP contribution is 2.27. The summed E-state index contributed by atoms with van der Waals surface area (Å²) < 4.78 is 37.3. The molecule has 0 aliphatic rings. The maximum absolute atomic E-state index is 12.7. The quantitative estimate of drug-likeness (QED) is 0.490. The number of carbonyl (C=O) groups excluding carboxylic acids is 2. The van der Waals surface area contributed by atoms with E-state index in [2.05, 4.69) is 5.32 Å². The number of nitrogens with one attached hydrogen (secondary N) is 1.